The highest BCUT2D eigenvalue weighted by Crippen LogP contribution is 2.55. The Kier molecular flexibility index (Phi) is 9.95. The molecule has 2 heterocycles. The molecule has 1 fully saturated rings. The van der Waals surface area contributed by atoms with Crippen molar-refractivity contribution in [2.45, 2.75) is 92.7 Å². The van der Waals surface area contributed by atoms with Crippen LogP contribution in [0.25, 0.3) is 16.6 Å². The van der Waals surface area contributed by atoms with Gasteiger partial charge in [-0.25, -0.2) is 9.37 Å². The van der Waals surface area contributed by atoms with Crippen LogP contribution in [0, 0.1) is 33.9 Å². The molecule has 3 aromatic rings. The minimum atomic E-state index is -0.335. The standard InChI is InChI=1S/C43H53FN6/c1-9-33-40-31(25-43(33,7)18-12-13-30(4)26-46-8)14-10-17-37(40)49-22-21-48(35-15-11-16-36(35)49)27-39-47-41-34(44)23-32(29(2)3)24-38(41)50(39)28-42(5,6)19-20-45/h10,12-17,23-24,30,33H,2,8-9,11,18-19,21-22,25-28H2,1,3-7H3/b13-12-. The van der Waals surface area contributed by atoms with E-state index in [0.717, 1.165) is 67.8 Å². The summed E-state index contributed by atoms with van der Waals surface area (Å²) in [5, 5.41) is 9.57. The first kappa shape index (κ1) is 35.4. The molecule has 0 radical (unpaired) electrons. The number of benzene rings is 2. The van der Waals surface area contributed by atoms with Crippen molar-refractivity contribution in [2.24, 2.45) is 21.7 Å². The Balaban J connectivity index is 1.30. The lowest BCUT2D eigenvalue weighted by Gasteiger charge is -2.41. The lowest BCUT2D eigenvalue weighted by Crippen LogP contribution is -2.43. The van der Waals surface area contributed by atoms with Crippen LogP contribution in [0.3, 0.4) is 0 Å². The van der Waals surface area contributed by atoms with Crippen LogP contribution < -0.4 is 4.90 Å². The van der Waals surface area contributed by atoms with E-state index in [0.29, 0.717) is 36.9 Å². The van der Waals surface area contributed by atoms with E-state index in [1.54, 1.807) is 0 Å². The molecule has 1 aliphatic heterocycles. The zero-order valence-electron chi connectivity index (χ0n) is 30.9. The van der Waals surface area contributed by atoms with Gasteiger partial charge in [-0.1, -0.05) is 83.2 Å². The fraction of sp³-hybridized carbons (Fsp3) is 0.465. The van der Waals surface area contributed by atoms with E-state index in [2.05, 4.69) is 116 Å². The smallest absolute Gasteiger partial charge is 0.151 e. The number of piperazine rings is 1. The average Bonchev–Trinajstić information content (AvgIpc) is 3.76. The van der Waals surface area contributed by atoms with Crippen LogP contribution in [0.15, 0.2) is 77.6 Å². The summed E-state index contributed by atoms with van der Waals surface area (Å²) >= 11 is 0. The molecule has 0 N–H and O–H groups in total. The van der Waals surface area contributed by atoms with Gasteiger partial charge < -0.3 is 19.4 Å². The van der Waals surface area contributed by atoms with E-state index >= 15 is 4.39 Å². The van der Waals surface area contributed by atoms with Crippen LogP contribution in [0.1, 0.15) is 95.7 Å². The molecule has 50 heavy (non-hydrogen) atoms. The number of aromatic nitrogens is 2. The van der Waals surface area contributed by atoms with Crippen molar-refractivity contribution >= 4 is 29.0 Å². The predicted molar refractivity (Wildman–Crippen MR) is 206 cm³/mol. The van der Waals surface area contributed by atoms with Crippen LogP contribution in [0.2, 0.25) is 0 Å². The molecule has 3 unspecified atom stereocenters. The van der Waals surface area contributed by atoms with Crippen molar-refractivity contribution in [3.63, 3.8) is 0 Å². The summed E-state index contributed by atoms with van der Waals surface area (Å²) in [7, 11) is 0. The number of aliphatic imine (C=N–C) groups is 1. The molecule has 2 aliphatic carbocycles. The molecular weight excluding hydrogens is 620 g/mol. The lowest BCUT2D eigenvalue weighted by atomic mass is 9.73. The highest BCUT2D eigenvalue weighted by molar-refractivity contribution is 5.82. The van der Waals surface area contributed by atoms with E-state index < -0.39 is 0 Å². The molecule has 0 saturated carbocycles. The maximum Gasteiger partial charge on any atom is 0.151 e. The van der Waals surface area contributed by atoms with Crippen LogP contribution in [0.5, 0.6) is 0 Å². The molecule has 1 saturated heterocycles. The van der Waals surface area contributed by atoms with Crippen molar-refractivity contribution in [1.82, 2.24) is 14.5 Å². The summed E-state index contributed by atoms with van der Waals surface area (Å²) in [5.41, 5.74) is 9.36. The Bertz CT molecular complexity index is 1940. The third-order valence-corrected chi connectivity index (χ3v) is 11.1. The first-order chi connectivity index (χ1) is 23.9. The van der Waals surface area contributed by atoms with E-state index in [1.807, 2.05) is 13.0 Å². The number of allylic oxidation sites excluding steroid dienone is 4. The maximum absolute atomic E-state index is 15.6. The van der Waals surface area contributed by atoms with Gasteiger partial charge in [-0.2, -0.15) is 5.26 Å². The third kappa shape index (κ3) is 6.70. The van der Waals surface area contributed by atoms with E-state index in [-0.39, 0.29) is 16.6 Å². The Labute approximate surface area is 298 Å². The molecule has 1 aromatic heterocycles. The van der Waals surface area contributed by atoms with Gasteiger partial charge in [-0.15, -0.1) is 0 Å². The van der Waals surface area contributed by atoms with Gasteiger partial charge in [0.25, 0.3) is 0 Å². The first-order valence-electron chi connectivity index (χ1n) is 18.2. The quantitative estimate of drug-likeness (QED) is 0.134. The van der Waals surface area contributed by atoms with Crippen molar-refractivity contribution in [3.05, 3.63) is 101 Å². The monoisotopic (exact) mass is 672 g/mol. The Morgan fingerprint density at radius 2 is 2.02 bits per heavy atom. The number of fused-ring (bicyclic) bond motifs is 3. The number of hydrogen-bond acceptors (Lipinski definition) is 5. The van der Waals surface area contributed by atoms with Gasteiger partial charge >= 0.3 is 0 Å². The number of hydrogen-bond donors (Lipinski definition) is 0. The molecule has 7 heteroatoms. The second-order valence-electron chi connectivity index (χ2n) is 15.9. The van der Waals surface area contributed by atoms with Gasteiger partial charge in [-0.05, 0) is 96.9 Å². The molecule has 3 atom stereocenters. The molecule has 0 bridgehead atoms. The summed E-state index contributed by atoms with van der Waals surface area (Å²) in [6.07, 6.45) is 13.9. The van der Waals surface area contributed by atoms with E-state index in [1.165, 1.54) is 34.3 Å². The zero-order chi connectivity index (χ0) is 35.8. The van der Waals surface area contributed by atoms with Crippen molar-refractivity contribution < 1.29 is 4.39 Å². The molecule has 6 nitrogen and oxygen atoms in total. The van der Waals surface area contributed by atoms with Gasteiger partial charge in [-0.3, -0.25) is 0 Å². The van der Waals surface area contributed by atoms with Gasteiger partial charge in [0.1, 0.15) is 11.3 Å². The minimum absolute atomic E-state index is 0.160. The maximum atomic E-state index is 15.6. The lowest BCUT2D eigenvalue weighted by molar-refractivity contribution is 0.273. The van der Waals surface area contributed by atoms with Gasteiger partial charge in [0.2, 0.25) is 0 Å². The normalized spacial score (nSPS) is 20.9. The number of halogens is 1. The van der Waals surface area contributed by atoms with Crippen LogP contribution in [-0.2, 0) is 19.5 Å². The van der Waals surface area contributed by atoms with E-state index in [9.17, 15) is 5.26 Å². The fourth-order valence-corrected chi connectivity index (χ4v) is 8.59. The summed E-state index contributed by atoms with van der Waals surface area (Å²) < 4.78 is 17.7. The molecular formula is C43H53FN6. The predicted octanol–water partition coefficient (Wildman–Crippen LogP) is 9.98. The molecule has 262 valence electrons. The summed E-state index contributed by atoms with van der Waals surface area (Å²) in [6.45, 7) is 24.4. The SMILES string of the molecule is C=NCC(C)/C=C\CC1(C)Cc2cccc(N3CCN(Cc4nc5c(F)cc(C(=C)C)cc5n4CC(C)(C)CC#N)C4=CCC=C43)c2C1CC. The topological polar surface area (TPSA) is 60.4 Å². The van der Waals surface area contributed by atoms with Gasteiger partial charge in [0.15, 0.2) is 5.82 Å². The Morgan fingerprint density at radius 3 is 2.74 bits per heavy atom. The van der Waals surface area contributed by atoms with Crippen molar-refractivity contribution in [2.75, 3.05) is 24.5 Å². The Morgan fingerprint density at radius 1 is 1.24 bits per heavy atom. The molecule has 6 rings (SSSR count). The third-order valence-electron chi connectivity index (χ3n) is 11.1. The number of imidazole rings is 1. The fourth-order valence-electron chi connectivity index (χ4n) is 8.59. The molecule has 2 aromatic carbocycles. The highest BCUT2D eigenvalue weighted by Gasteiger charge is 2.43. The number of nitriles is 1. The number of rotatable bonds is 13. The zero-order valence-corrected chi connectivity index (χ0v) is 30.9. The summed E-state index contributed by atoms with van der Waals surface area (Å²) in [6, 6.07) is 12.8. The summed E-state index contributed by atoms with van der Waals surface area (Å²) in [5.74, 6) is 1.35. The Hall–Kier alpha value is -4.44. The molecule has 0 spiro atoms. The van der Waals surface area contributed by atoms with Crippen molar-refractivity contribution in [3.8, 4) is 6.07 Å². The molecule has 3 aliphatic rings. The van der Waals surface area contributed by atoms with Gasteiger partial charge in [0, 0.05) is 38.3 Å². The minimum Gasteiger partial charge on any atom is -0.361 e. The average molecular weight is 673 g/mol. The second-order valence-corrected chi connectivity index (χ2v) is 15.9. The number of nitrogens with zero attached hydrogens (tertiary/aromatic N) is 6. The second kappa shape index (κ2) is 14.1. The highest BCUT2D eigenvalue weighted by atomic mass is 19.1. The number of anilines is 1. The largest absolute Gasteiger partial charge is 0.361 e. The van der Waals surface area contributed by atoms with Crippen molar-refractivity contribution in [1.29, 1.82) is 5.26 Å². The first-order valence-corrected chi connectivity index (χ1v) is 18.2. The van der Waals surface area contributed by atoms with Gasteiger partial charge in [0.05, 0.1) is 29.5 Å². The summed E-state index contributed by atoms with van der Waals surface area (Å²) in [4.78, 5) is 14.0. The molecule has 0 amide bonds. The van der Waals surface area contributed by atoms with E-state index in [4.69, 9.17) is 4.98 Å². The van der Waals surface area contributed by atoms with Crippen LogP contribution in [0.4, 0.5) is 10.1 Å². The van der Waals surface area contributed by atoms with Crippen LogP contribution in [-0.4, -0.2) is 40.8 Å². The van der Waals surface area contributed by atoms with Crippen LogP contribution >= 0.6 is 0 Å².